The summed E-state index contributed by atoms with van der Waals surface area (Å²) in [5.74, 6) is -0.387. The minimum absolute atomic E-state index is 0.158. The summed E-state index contributed by atoms with van der Waals surface area (Å²) in [7, 11) is 0. The molecule has 2 N–H and O–H groups in total. The summed E-state index contributed by atoms with van der Waals surface area (Å²) in [6.45, 7) is 11.2. The summed E-state index contributed by atoms with van der Waals surface area (Å²) in [6, 6.07) is 6.76. The van der Waals surface area contributed by atoms with Crippen molar-refractivity contribution < 1.29 is 14.3 Å². The number of morpholine rings is 1. The molecule has 0 aromatic heterocycles. The van der Waals surface area contributed by atoms with Crippen LogP contribution in [0.5, 0.6) is 0 Å². The third kappa shape index (κ3) is 6.42. The van der Waals surface area contributed by atoms with Gasteiger partial charge in [-0.25, -0.2) is 0 Å². The van der Waals surface area contributed by atoms with Gasteiger partial charge in [0.2, 0.25) is 5.91 Å². The number of nitrogens with zero attached hydrogens (tertiary/aromatic N) is 1. The summed E-state index contributed by atoms with van der Waals surface area (Å²) < 4.78 is 5.72. The number of amides is 2. The lowest BCUT2D eigenvalue weighted by Gasteiger charge is -2.35. The molecule has 0 saturated carbocycles. The van der Waals surface area contributed by atoms with Crippen LogP contribution in [-0.2, 0) is 9.53 Å². The van der Waals surface area contributed by atoms with Crippen LogP contribution in [0, 0.1) is 6.92 Å². The maximum absolute atomic E-state index is 12.2. The molecule has 1 fully saturated rings. The van der Waals surface area contributed by atoms with E-state index in [-0.39, 0.29) is 24.0 Å². The Bertz CT molecular complexity index is 610. The first-order valence-corrected chi connectivity index (χ1v) is 9.38. The molecule has 1 aromatic carbocycles. The first-order valence-electron chi connectivity index (χ1n) is 9.38. The Morgan fingerprint density at radius 2 is 1.96 bits per heavy atom. The Kier molecular flexibility index (Phi) is 7.60. The van der Waals surface area contributed by atoms with Crippen LogP contribution in [0.4, 0.5) is 0 Å². The van der Waals surface area contributed by atoms with Crippen LogP contribution in [0.25, 0.3) is 0 Å². The number of rotatable bonds is 7. The van der Waals surface area contributed by atoms with Crippen LogP contribution < -0.4 is 10.6 Å². The van der Waals surface area contributed by atoms with E-state index in [1.807, 2.05) is 25.1 Å². The second-order valence-corrected chi connectivity index (χ2v) is 7.23. The molecule has 144 valence electrons. The van der Waals surface area contributed by atoms with Crippen LogP contribution in [0.3, 0.4) is 0 Å². The fourth-order valence-corrected chi connectivity index (χ4v) is 3.27. The SMILES string of the molecule is Cc1cccc(C(=O)NC(C)C(=O)NCCCN2CC(C)OC(C)C2)c1. The molecular formula is C20H31N3O3. The van der Waals surface area contributed by atoms with Crippen LogP contribution in [0.1, 0.15) is 43.1 Å². The average Bonchev–Trinajstić information content (AvgIpc) is 2.57. The molecular weight excluding hydrogens is 330 g/mol. The van der Waals surface area contributed by atoms with E-state index in [1.165, 1.54) is 0 Å². The molecule has 26 heavy (non-hydrogen) atoms. The molecule has 3 atom stereocenters. The summed E-state index contributed by atoms with van der Waals surface area (Å²) in [5.41, 5.74) is 1.58. The minimum Gasteiger partial charge on any atom is -0.373 e. The Morgan fingerprint density at radius 1 is 1.27 bits per heavy atom. The Morgan fingerprint density at radius 3 is 2.62 bits per heavy atom. The van der Waals surface area contributed by atoms with Gasteiger partial charge >= 0.3 is 0 Å². The summed E-state index contributed by atoms with van der Waals surface area (Å²) >= 11 is 0. The predicted molar refractivity (Wildman–Crippen MR) is 102 cm³/mol. The highest BCUT2D eigenvalue weighted by Gasteiger charge is 2.21. The standard InChI is InChI=1S/C20H31N3O3/c1-14-7-5-8-18(11-14)20(25)22-17(4)19(24)21-9-6-10-23-12-15(2)26-16(3)13-23/h5,7-8,11,15-17H,6,9-10,12-13H2,1-4H3,(H,21,24)(H,22,25). The zero-order chi connectivity index (χ0) is 19.1. The molecule has 1 aromatic rings. The second kappa shape index (κ2) is 9.69. The van der Waals surface area contributed by atoms with Gasteiger partial charge in [-0.2, -0.15) is 0 Å². The summed E-state index contributed by atoms with van der Waals surface area (Å²) in [5, 5.41) is 5.65. The summed E-state index contributed by atoms with van der Waals surface area (Å²) in [6.07, 6.45) is 1.39. The van der Waals surface area contributed by atoms with Crippen LogP contribution in [0.2, 0.25) is 0 Å². The topological polar surface area (TPSA) is 70.7 Å². The van der Waals surface area contributed by atoms with Crippen molar-refractivity contribution >= 4 is 11.8 Å². The van der Waals surface area contributed by atoms with Crippen LogP contribution in [-0.4, -0.2) is 61.1 Å². The predicted octanol–water partition coefficient (Wildman–Crippen LogP) is 1.73. The van der Waals surface area contributed by atoms with Gasteiger partial charge in [0.1, 0.15) is 6.04 Å². The van der Waals surface area contributed by atoms with Crippen LogP contribution >= 0.6 is 0 Å². The van der Waals surface area contributed by atoms with Crippen molar-refractivity contribution in [1.82, 2.24) is 15.5 Å². The van der Waals surface area contributed by atoms with E-state index in [0.29, 0.717) is 12.1 Å². The van der Waals surface area contributed by atoms with Gasteiger partial charge in [0, 0.05) is 31.7 Å². The van der Waals surface area contributed by atoms with Gasteiger partial charge < -0.3 is 15.4 Å². The number of carbonyl (C=O) groups is 2. The molecule has 1 aliphatic heterocycles. The number of hydrogen-bond donors (Lipinski definition) is 2. The highest BCUT2D eigenvalue weighted by atomic mass is 16.5. The van der Waals surface area contributed by atoms with Crippen molar-refractivity contribution in [3.63, 3.8) is 0 Å². The average molecular weight is 361 g/mol. The third-order valence-corrected chi connectivity index (χ3v) is 4.47. The van der Waals surface area contributed by atoms with Gasteiger partial charge in [-0.05, 0) is 46.2 Å². The molecule has 0 spiro atoms. The second-order valence-electron chi connectivity index (χ2n) is 7.23. The lowest BCUT2D eigenvalue weighted by atomic mass is 10.1. The normalized spacial score (nSPS) is 21.8. The van der Waals surface area contributed by atoms with E-state index in [4.69, 9.17) is 4.74 Å². The number of nitrogens with one attached hydrogen (secondary N) is 2. The molecule has 3 unspecified atom stereocenters. The van der Waals surface area contributed by atoms with Gasteiger partial charge in [-0.15, -0.1) is 0 Å². The van der Waals surface area contributed by atoms with E-state index >= 15 is 0 Å². The molecule has 0 aliphatic carbocycles. The Labute approximate surface area is 156 Å². The van der Waals surface area contributed by atoms with Gasteiger partial charge in [0.15, 0.2) is 0 Å². The van der Waals surface area contributed by atoms with Crippen molar-refractivity contribution in [1.29, 1.82) is 0 Å². The number of hydrogen-bond acceptors (Lipinski definition) is 4. The van der Waals surface area contributed by atoms with Gasteiger partial charge in [0.05, 0.1) is 12.2 Å². The first-order chi connectivity index (χ1) is 12.3. The molecule has 2 amide bonds. The van der Waals surface area contributed by atoms with Gasteiger partial charge in [-0.1, -0.05) is 17.7 Å². The van der Waals surface area contributed by atoms with E-state index in [2.05, 4.69) is 29.4 Å². The zero-order valence-corrected chi connectivity index (χ0v) is 16.2. The maximum atomic E-state index is 12.2. The molecule has 2 rings (SSSR count). The van der Waals surface area contributed by atoms with E-state index in [9.17, 15) is 9.59 Å². The lowest BCUT2D eigenvalue weighted by Crippen LogP contribution is -2.47. The van der Waals surface area contributed by atoms with Crippen molar-refractivity contribution in [2.75, 3.05) is 26.2 Å². The Balaban J connectivity index is 1.68. The Hall–Kier alpha value is -1.92. The molecule has 6 heteroatoms. The van der Waals surface area contributed by atoms with Crippen molar-refractivity contribution in [3.8, 4) is 0 Å². The fourth-order valence-electron chi connectivity index (χ4n) is 3.27. The molecule has 0 bridgehead atoms. The minimum atomic E-state index is -0.563. The first kappa shape index (κ1) is 20.4. The maximum Gasteiger partial charge on any atom is 0.251 e. The fraction of sp³-hybridized carbons (Fsp3) is 0.600. The zero-order valence-electron chi connectivity index (χ0n) is 16.2. The highest BCUT2D eigenvalue weighted by molar-refractivity contribution is 5.97. The van der Waals surface area contributed by atoms with Crippen molar-refractivity contribution in [3.05, 3.63) is 35.4 Å². The molecule has 0 radical (unpaired) electrons. The van der Waals surface area contributed by atoms with Crippen LogP contribution in [0.15, 0.2) is 24.3 Å². The number of aryl methyl sites for hydroxylation is 1. The third-order valence-electron chi connectivity index (χ3n) is 4.47. The van der Waals surface area contributed by atoms with Gasteiger partial charge in [0.25, 0.3) is 5.91 Å². The van der Waals surface area contributed by atoms with E-state index in [0.717, 1.165) is 31.6 Å². The molecule has 1 saturated heterocycles. The number of benzene rings is 1. The van der Waals surface area contributed by atoms with Crippen molar-refractivity contribution in [2.45, 2.75) is 52.4 Å². The smallest absolute Gasteiger partial charge is 0.251 e. The van der Waals surface area contributed by atoms with Gasteiger partial charge in [-0.3, -0.25) is 14.5 Å². The highest BCUT2D eigenvalue weighted by Crippen LogP contribution is 2.10. The summed E-state index contributed by atoms with van der Waals surface area (Å²) in [4.78, 5) is 26.7. The number of ether oxygens (including phenoxy) is 1. The molecule has 1 aliphatic rings. The van der Waals surface area contributed by atoms with Crippen molar-refractivity contribution in [2.24, 2.45) is 0 Å². The molecule has 1 heterocycles. The monoisotopic (exact) mass is 361 g/mol. The van der Waals surface area contributed by atoms with E-state index < -0.39 is 6.04 Å². The molecule has 6 nitrogen and oxygen atoms in total. The lowest BCUT2D eigenvalue weighted by molar-refractivity contribution is -0.122. The van der Waals surface area contributed by atoms with E-state index in [1.54, 1.807) is 13.0 Å². The quantitative estimate of drug-likeness (QED) is 0.726. The number of carbonyl (C=O) groups excluding carboxylic acids is 2. The largest absolute Gasteiger partial charge is 0.373 e.